The Morgan fingerprint density at radius 2 is 1.76 bits per heavy atom. The standard InChI is InChI=1S/C26H16F2N4O2/c27-20-9-7-15(12-21(20)28)11-18-13-17-4-1-5-19(25(17)29-18)22-14-32(31-30-22)23-6-2-3-16-8-10-24(33)34-26(16)23/h1-10,12-14,29H,11H2. The highest BCUT2D eigenvalue weighted by Crippen LogP contribution is 2.29. The lowest BCUT2D eigenvalue weighted by atomic mass is 10.1. The van der Waals surface area contributed by atoms with Crippen LogP contribution in [0.3, 0.4) is 0 Å². The quantitative estimate of drug-likeness (QED) is 0.362. The van der Waals surface area contributed by atoms with Crippen molar-refractivity contribution < 1.29 is 13.2 Å². The number of benzene rings is 3. The third-order valence-electron chi connectivity index (χ3n) is 5.73. The van der Waals surface area contributed by atoms with Gasteiger partial charge in [-0.1, -0.05) is 41.6 Å². The van der Waals surface area contributed by atoms with E-state index in [0.29, 0.717) is 28.9 Å². The van der Waals surface area contributed by atoms with Gasteiger partial charge in [-0.2, -0.15) is 0 Å². The minimum Gasteiger partial charge on any atom is -0.420 e. The first-order valence-corrected chi connectivity index (χ1v) is 10.6. The molecule has 0 unspecified atom stereocenters. The first kappa shape index (κ1) is 20.0. The van der Waals surface area contributed by atoms with Gasteiger partial charge in [0.15, 0.2) is 17.2 Å². The van der Waals surface area contributed by atoms with Gasteiger partial charge < -0.3 is 9.40 Å². The number of aromatic amines is 1. The largest absolute Gasteiger partial charge is 0.420 e. The van der Waals surface area contributed by atoms with E-state index in [1.54, 1.807) is 29.1 Å². The normalized spacial score (nSPS) is 11.5. The Kier molecular flexibility index (Phi) is 4.58. The Balaban J connectivity index is 1.39. The second-order valence-corrected chi connectivity index (χ2v) is 7.99. The number of rotatable bonds is 4. The summed E-state index contributed by atoms with van der Waals surface area (Å²) in [7, 11) is 0. The third-order valence-corrected chi connectivity index (χ3v) is 5.73. The number of nitrogens with zero attached hydrogens (tertiary/aromatic N) is 3. The Morgan fingerprint density at radius 3 is 2.65 bits per heavy atom. The first-order valence-electron chi connectivity index (χ1n) is 10.6. The molecule has 0 atom stereocenters. The van der Waals surface area contributed by atoms with E-state index in [0.717, 1.165) is 33.6 Å². The predicted molar refractivity (Wildman–Crippen MR) is 124 cm³/mol. The average molecular weight is 454 g/mol. The van der Waals surface area contributed by atoms with Crippen LogP contribution in [0.25, 0.3) is 38.8 Å². The van der Waals surface area contributed by atoms with E-state index in [4.69, 9.17) is 4.42 Å². The van der Waals surface area contributed by atoms with Crippen LogP contribution in [-0.2, 0) is 6.42 Å². The van der Waals surface area contributed by atoms with Crippen molar-refractivity contribution in [1.29, 1.82) is 0 Å². The van der Waals surface area contributed by atoms with E-state index in [9.17, 15) is 13.6 Å². The van der Waals surface area contributed by atoms with Crippen molar-refractivity contribution in [2.45, 2.75) is 6.42 Å². The van der Waals surface area contributed by atoms with Gasteiger partial charge in [-0.05, 0) is 35.9 Å². The number of H-pyrrole nitrogens is 1. The van der Waals surface area contributed by atoms with Gasteiger partial charge >= 0.3 is 5.63 Å². The Bertz CT molecular complexity index is 1750. The molecule has 3 aromatic carbocycles. The molecule has 0 bridgehead atoms. The number of hydrogen-bond acceptors (Lipinski definition) is 4. The fourth-order valence-electron chi connectivity index (χ4n) is 4.15. The minimum atomic E-state index is -0.866. The third kappa shape index (κ3) is 3.45. The maximum absolute atomic E-state index is 13.6. The smallest absolute Gasteiger partial charge is 0.336 e. The van der Waals surface area contributed by atoms with Gasteiger partial charge in [0.1, 0.15) is 11.4 Å². The van der Waals surface area contributed by atoms with Gasteiger partial charge in [0.25, 0.3) is 0 Å². The molecular formula is C26H16F2N4O2. The molecule has 0 saturated heterocycles. The van der Waals surface area contributed by atoms with Crippen LogP contribution >= 0.6 is 0 Å². The van der Waals surface area contributed by atoms with Crippen LogP contribution in [-0.4, -0.2) is 20.0 Å². The molecule has 0 radical (unpaired) electrons. The van der Waals surface area contributed by atoms with Crippen LogP contribution in [0.5, 0.6) is 0 Å². The summed E-state index contributed by atoms with van der Waals surface area (Å²) in [6.45, 7) is 0. The van der Waals surface area contributed by atoms with Crippen molar-refractivity contribution in [2.75, 3.05) is 0 Å². The highest BCUT2D eigenvalue weighted by Gasteiger charge is 2.14. The summed E-state index contributed by atoms with van der Waals surface area (Å²) in [5.74, 6) is -1.73. The van der Waals surface area contributed by atoms with Gasteiger partial charge in [-0.15, -0.1) is 5.10 Å². The van der Waals surface area contributed by atoms with Crippen LogP contribution in [0.2, 0.25) is 0 Å². The van der Waals surface area contributed by atoms with E-state index >= 15 is 0 Å². The molecule has 0 fully saturated rings. The van der Waals surface area contributed by atoms with Gasteiger partial charge in [-0.25, -0.2) is 18.3 Å². The zero-order chi connectivity index (χ0) is 23.2. The monoisotopic (exact) mass is 454 g/mol. The molecule has 6 nitrogen and oxygen atoms in total. The first-order chi connectivity index (χ1) is 16.5. The molecule has 0 saturated carbocycles. The topological polar surface area (TPSA) is 76.7 Å². The SMILES string of the molecule is O=c1ccc2cccc(-n3cc(-c4cccc5cc(Cc6ccc(F)c(F)c6)[nH]c45)nn3)c2o1. The van der Waals surface area contributed by atoms with Crippen LogP contribution in [0, 0.1) is 11.6 Å². The second kappa shape index (κ2) is 7.77. The number of hydrogen-bond donors (Lipinski definition) is 1. The van der Waals surface area contributed by atoms with Crippen molar-refractivity contribution in [3.63, 3.8) is 0 Å². The van der Waals surface area contributed by atoms with Gasteiger partial charge in [0.2, 0.25) is 0 Å². The Morgan fingerprint density at radius 1 is 0.912 bits per heavy atom. The van der Waals surface area contributed by atoms with Crippen LogP contribution in [0.4, 0.5) is 8.78 Å². The van der Waals surface area contributed by atoms with E-state index < -0.39 is 17.3 Å². The molecular weight excluding hydrogens is 438 g/mol. The van der Waals surface area contributed by atoms with Crippen LogP contribution < -0.4 is 5.63 Å². The zero-order valence-corrected chi connectivity index (χ0v) is 17.6. The summed E-state index contributed by atoms with van der Waals surface area (Å²) in [6, 6.07) is 20.3. The van der Waals surface area contributed by atoms with Crippen molar-refractivity contribution in [3.05, 3.63) is 112 Å². The van der Waals surface area contributed by atoms with E-state index in [1.165, 1.54) is 12.1 Å². The minimum absolute atomic E-state index is 0.424. The molecule has 1 N–H and O–H groups in total. The molecule has 8 heteroatoms. The summed E-state index contributed by atoms with van der Waals surface area (Å²) in [5.41, 5.74) is 4.43. The summed E-state index contributed by atoms with van der Waals surface area (Å²) >= 11 is 0. The number of fused-ring (bicyclic) bond motifs is 2. The number of nitrogens with one attached hydrogen (secondary N) is 1. The number of para-hydroxylation sites is 2. The van der Waals surface area contributed by atoms with Crippen molar-refractivity contribution in [3.8, 4) is 16.9 Å². The second-order valence-electron chi connectivity index (χ2n) is 7.99. The van der Waals surface area contributed by atoms with E-state index in [2.05, 4.69) is 15.3 Å². The summed E-state index contributed by atoms with van der Waals surface area (Å²) in [6.07, 6.45) is 2.19. The van der Waals surface area contributed by atoms with Gasteiger partial charge in [0, 0.05) is 34.5 Å². The molecule has 34 heavy (non-hydrogen) atoms. The van der Waals surface area contributed by atoms with Gasteiger partial charge in [-0.3, -0.25) is 0 Å². The van der Waals surface area contributed by atoms with Crippen molar-refractivity contribution in [2.24, 2.45) is 0 Å². The molecule has 0 aliphatic rings. The highest BCUT2D eigenvalue weighted by molar-refractivity contribution is 5.94. The van der Waals surface area contributed by atoms with Crippen molar-refractivity contribution >= 4 is 21.9 Å². The zero-order valence-electron chi connectivity index (χ0n) is 17.6. The molecule has 0 aliphatic heterocycles. The summed E-state index contributed by atoms with van der Waals surface area (Å²) < 4.78 is 33.8. The van der Waals surface area contributed by atoms with Gasteiger partial charge in [0.05, 0.1) is 11.7 Å². The fraction of sp³-hybridized carbons (Fsp3) is 0.0385. The maximum Gasteiger partial charge on any atom is 0.336 e. The molecule has 0 amide bonds. The molecule has 6 aromatic rings. The highest BCUT2D eigenvalue weighted by atomic mass is 19.2. The Hall–Kier alpha value is -4.59. The number of halogens is 2. The lowest BCUT2D eigenvalue weighted by Gasteiger charge is -2.03. The van der Waals surface area contributed by atoms with Crippen LogP contribution in [0.15, 0.2) is 88.2 Å². The fourth-order valence-corrected chi connectivity index (χ4v) is 4.15. The molecule has 0 spiro atoms. The maximum atomic E-state index is 13.6. The number of aromatic nitrogens is 4. The van der Waals surface area contributed by atoms with Crippen LogP contribution in [0.1, 0.15) is 11.3 Å². The van der Waals surface area contributed by atoms with Crippen molar-refractivity contribution in [1.82, 2.24) is 20.0 Å². The molecule has 166 valence electrons. The average Bonchev–Trinajstić information content (AvgIpc) is 3.48. The van der Waals surface area contributed by atoms with E-state index in [-0.39, 0.29) is 0 Å². The van der Waals surface area contributed by atoms with E-state index in [1.807, 2.05) is 36.4 Å². The molecule has 3 heterocycles. The predicted octanol–water partition coefficient (Wildman–Crippen LogP) is 5.39. The summed E-state index contributed by atoms with van der Waals surface area (Å²) in [5, 5.41) is 10.3. The molecule has 0 aliphatic carbocycles. The lowest BCUT2D eigenvalue weighted by molar-refractivity contribution is 0.507. The summed E-state index contributed by atoms with van der Waals surface area (Å²) in [4.78, 5) is 15.1. The lowest BCUT2D eigenvalue weighted by Crippen LogP contribution is -2.00. The molecule has 6 rings (SSSR count). The Labute approximate surface area is 191 Å². The molecule has 3 aromatic heterocycles.